The molecular weight excluding hydrogens is 408 g/mol. The molecule has 1 N–H and O–H groups in total. The first-order chi connectivity index (χ1) is 14.6. The summed E-state index contributed by atoms with van der Waals surface area (Å²) in [6.45, 7) is 5.59. The highest BCUT2D eigenvalue weighted by molar-refractivity contribution is 5.90. The lowest BCUT2D eigenvalue weighted by Gasteiger charge is -2.24. The van der Waals surface area contributed by atoms with Crippen molar-refractivity contribution in [3.63, 3.8) is 0 Å². The molecular formula is C22H27F2N3O4. The Morgan fingerprint density at radius 1 is 1.26 bits per heavy atom. The van der Waals surface area contributed by atoms with Crippen molar-refractivity contribution in [1.29, 1.82) is 5.26 Å². The molecule has 0 bridgehead atoms. The third-order valence-corrected chi connectivity index (χ3v) is 5.29. The van der Waals surface area contributed by atoms with Crippen molar-refractivity contribution >= 4 is 11.9 Å². The van der Waals surface area contributed by atoms with Crippen LogP contribution in [0.4, 0.5) is 8.78 Å². The lowest BCUT2D eigenvalue weighted by atomic mass is 10.1. The maximum Gasteiger partial charge on any atom is 0.338 e. The topological polar surface area (TPSA) is 91.7 Å². The fraction of sp³-hybridized carbons (Fsp3) is 0.591. The highest BCUT2D eigenvalue weighted by atomic mass is 19.2. The number of nitrogens with one attached hydrogen (secondary N) is 1. The van der Waals surface area contributed by atoms with E-state index in [1.54, 1.807) is 25.7 Å². The number of benzene rings is 1. The first kappa shape index (κ1) is 22.9. The molecule has 1 aromatic rings. The predicted octanol–water partition coefficient (Wildman–Crippen LogP) is 2.93. The van der Waals surface area contributed by atoms with E-state index in [0.29, 0.717) is 25.8 Å². The van der Waals surface area contributed by atoms with E-state index < -0.39 is 35.3 Å². The van der Waals surface area contributed by atoms with Crippen LogP contribution in [0.15, 0.2) is 12.1 Å². The average molecular weight is 435 g/mol. The van der Waals surface area contributed by atoms with Crippen LogP contribution < -0.4 is 10.1 Å². The second-order valence-corrected chi connectivity index (χ2v) is 8.90. The maximum atomic E-state index is 14.2. The summed E-state index contributed by atoms with van der Waals surface area (Å²) in [6.07, 6.45) is 2.66. The predicted molar refractivity (Wildman–Crippen MR) is 107 cm³/mol. The van der Waals surface area contributed by atoms with E-state index in [-0.39, 0.29) is 29.9 Å². The van der Waals surface area contributed by atoms with E-state index in [9.17, 15) is 23.6 Å². The van der Waals surface area contributed by atoms with E-state index in [0.717, 1.165) is 18.6 Å². The van der Waals surface area contributed by atoms with Crippen molar-refractivity contribution in [1.82, 2.24) is 10.2 Å². The maximum absolute atomic E-state index is 14.2. The number of hydrogen-bond donors (Lipinski definition) is 1. The molecule has 3 rings (SSSR count). The zero-order valence-electron chi connectivity index (χ0n) is 17.9. The van der Waals surface area contributed by atoms with Crippen LogP contribution in [0.3, 0.4) is 0 Å². The molecule has 9 heteroatoms. The van der Waals surface area contributed by atoms with Crippen LogP contribution in [0.5, 0.6) is 5.75 Å². The molecule has 0 saturated carbocycles. The number of nitriles is 1. The van der Waals surface area contributed by atoms with Crippen LogP contribution in [0.2, 0.25) is 0 Å². The van der Waals surface area contributed by atoms with E-state index in [1.807, 2.05) is 0 Å². The van der Waals surface area contributed by atoms with Crippen molar-refractivity contribution in [2.75, 3.05) is 13.2 Å². The Morgan fingerprint density at radius 2 is 2.00 bits per heavy atom. The lowest BCUT2D eigenvalue weighted by molar-refractivity contribution is -0.133. The van der Waals surface area contributed by atoms with Crippen LogP contribution >= 0.6 is 0 Å². The summed E-state index contributed by atoms with van der Waals surface area (Å²) in [5.41, 5.74) is -0.925. The van der Waals surface area contributed by atoms with Gasteiger partial charge in [0.15, 0.2) is 11.6 Å². The number of nitrogens with zero attached hydrogens (tertiary/aromatic N) is 2. The molecule has 0 aromatic heterocycles. The monoisotopic (exact) mass is 435 g/mol. The number of ether oxygens (including phenoxy) is 2. The van der Waals surface area contributed by atoms with E-state index >= 15 is 0 Å². The van der Waals surface area contributed by atoms with Crippen molar-refractivity contribution in [2.24, 2.45) is 0 Å². The van der Waals surface area contributed by atoms with E-state index in [2.05, 4.69) is 11.4 Å². The van der Waals surface area contributed by atoms with Crippen LogP contribution in [0.25, 0.3) is 0 Å². The van der Waals surface area contributed by atoms with Crippen LogP contribution in [-0.2, 0) is 9.53 Å². The number of rotatable bonds is 5. The molecule has 2 aliphatic rings. The fourth-order valence-electron chi connectivity index (χ4n) is 3.82. The van der Waals surface area contributed by atoms with Crippen LogP contribution in [0.1, 0.15) is 56.8 Å². The standard InChI is InChI=1S/C22H27F2N3O4/c1-22(2,3)31-21(29)13-9-16(23)19(24)18(10-13)30-12-14-6-7-17(26-14)20(28)27-8-4-5-15(27)11-25/h9-10,14-15,17,26H,4-8,12H2,1-3H3/t14-,15+,17+/m1/s1. The summed E-state index contributed by atoms with van der Waals surface area (Å²) >= 11 is 0. The third-order valence-electron chi connectivity index (χ3n) is 5.29. The smallest absolute Gasteiger partial charge is 0.338 e. The van der Waals surface area contributed by atoms with Crippen molar-refractivity contribution in [2.45, 2.75) is 70.2 Å². The second kappa shape index (κ2) is 9.18. The van der Waals surface area contributed by atoms with Gasteiger partial charge in [0.25, 0.3) is 0 Å². The first-order valence-corrected chi connectivity index (χ1v) is 10.4. The number of carbonyl (C=O) groups is 2. The SMILES string of the molecule is CC(C)(C)OC(=O)c1cc(F)c(F)c(OC[C@H]2CC[C@@H](C(=O)N3CCC[C@H]3C#N)N2)c1. The highest BCUT2D eigenvalue weighted by Crippen LogP contribution is 2.26. The van der Waals surface area contributed by atoms with Gasteiger partial charge < -0.3 is 14.4 Å². The normalized spacial score (nSPS) is 23.5. The quantitative estimate of drug-likeness (QED) is 0.715. The summed E-state index contributed by atoms with van der Waals surface area (Å²) in [6, 6.07) is 2.98. The Morgan fingerprint density at radius 3 is 2.68 bits per heavy atom. The van der Waals surface area contributed by atoms with Crippen molar-refractivity contribution in [3.8, 4) is 11.8 Å². The fourth-order valence-corrected chi connectivity index (χ4v) is 3.82. The van der Waals surface area contributed by atoms with Gasteiger partial charge in [0, 0.05) is 12.6 Å². The molecule has 3 atom stereocenters. The minimum atomic E-state index is -1.21. The Bertz CT molecular complexity index is 894. The van der Waals surface area contributed by atoms with Gasteiger partial charge in [-0.05, 0) is 58.6 Å². The molecule has 1 amide bonds. The second-order valence-electron chi connectivity index (χ2n) is 8.90. The largest absolute Gasteiger partial charge is 0.489 e. The summed E-state index contributed by atoms with van der Waals surface area (Å²) in [5.74, 6) is -3.68. The summed E-state index contributed by atoms with van der Waals surface area (Å²) < 4.78 is 38.8. The van der Waals surface area contributed by atoms with Gasteiger partial charge >= 0.3 is 5.97 Å². The number of amides is 1. The third kappa shape index (κ3) is 5.50. The zero-order valence-corrected chi connectivity index (χ0v) is 17.9. The Labute approximate surface area is 180 Å². The van der Waals surface area contributed by atoms with Crippen LogP contribution in [-0.4, -0.2) is 53.7 Å². The molecule has 0 spiro atoms. The lowest BCUT2D eigenvalue weighted by Crippen LogP contribution is -2.47. The Kier molecular flexibility index (Phi) is 6.80. The Balaban J connectivity index is 1.61. The molecule has 0 aliphatic carbocycles. The average Bonchev–Trinajstić information content (AvgIpc) is 3.36. The first-order valence-electron chi connectivity index (χ1n) is 10.4. The molecule has 0 radical (unpaired) electrons. The van der Waals surface area contributed by atoms with Crippen molar-refractivity contribution in [3.05, 3.63) is 29.3 Å². The number of hydrogen-bond acceptors (Lipinski definition) is 6. The van der Waals surface area contributed by atoms with Gasteiger partial charge in [0.1, 0.15) is 18.2 Å². The van der Waals surface area contributed by atoms with Crippen LogP contribution in [0, 0.1) is 23.0 Å². The van der Waals surface area contributed by atoms with Gasteiger partial charge in [-0.2, -0.15) is 9.65 Å². The minimum absolute atomic E-state index is 0.000406. The molecule has 0 unspecified atom stereocenters. The molecule has 2 fully saturated rings. The number of likely N-dealkylation sites (tertiary alicyclic amines) is 1. The van der Waals surface area contributed by atoms with E-state index in [1.165, 1.54) is 0 Å². The summed E-state index contributed by atoms with van der Waals surface area (Å²) in [7, 11) is 0. The molecule has 2 aliphatic heterocycles. The minimum Gasteiger partial charge on any atom is -0.489 e. The van der Waals surface area contributed by atoms with Gasteiger partial charge in [-0.25, -0.2) is 9.18 Å². The molecule has 1 aromatic carbocycles. The number of halogens is 2. The molecule has 2 heterocycles. The Hall–Kier alpha value is -2.73. The molecule has 2 saturated heterocycles. The molecule has 7 nitrogen and oxygen atoms in total. The summed E-state index contributed by atoms with van der Waals surface area (Å²) in [4.78, 5) is 26.5. The van der Waals surface area contributed by atoms with Gasteiger partial charge in [-0.1, -0.05) is 0 Å². The van der Waals surface area contributed by atoms with Gasteiger partial charge in [0.2, 0.25) is 11.7 Å². The zero-order chi connectivity index (χ0) is 22.8. The number of esters is 1. The van der Waals surface area contributed by atoms with Gasteiger partial charge in [0.05, 0.1) is 17.7 Å². The van der Waals surface area contributed by atoms with Crippen molar-refractivity contribution < 1.29 is 27.8 Å². The van der Waals surface area contributed by atoms with Gasteiger partial charge in [-0.3, -0.25) is 10.1 Å². The highest BCUT2D eigenvalue weighted by Gasteiger charge is 2.37. The molecule has 31 heavy (non-hydrogen) atoms. The van der Waals surface area contributed by atoms with Gasteiger partial charge in [-0.15, -0.1) is 0 Å². The summed E-state index contributed by atoms with van der Waals surface area (Å²) in [5, 5.41) is 12.3. The van der Waals surface area contributed by atoms with E-state index in [4.69, 9.17) is 9.47 Å². The number of carbonyl (C=O) groups excluding carboxylic acids is 2. The molecule has 168 valence electrons.